The highest BCUT2D eigenvalue weighted by atomic mass is 127. The zero-order valence-corrected chi connectivity index (χ0v) is 21.0. The number of nitrogens with zero attached hydrogens (tertiary/aromatic N) is 3. The molecular weight excluding hydrogens is 487 g/mol. The zero-order chi connectivity index (χ0) is 21.4. The standard InChI is InChI=1S/C24H41IN4O/c1-2-28-17-19-29(20-18-28)23-14-13-22(21-27-23)24(30)26-16-12-10-8-6-4-3-5-7-9-11-15-25/h13-14,21H,2-12,15-20H2,1H3,(H,26,30). The summed E-state index contributed by atoms with van der Waals surface area (Å²) in [6.07, 6.45) is 14.9. The number of unbranched alkanes of at least 4 members (excludes halogenated alkanes) is 9. The van der Waals surface area contributed by atoms with Gasteiger partial charge in [-0.25, -0.2) is 4.98 Å². The van der Waals surface area contributed by atoms with E-state index in [1.54, 1.807) is 6.20 Å². The summed E-state index contributed by atoms with van der Waals surface area (Å²) in [6, 6.07) is 3.89. The number of halogens is 1. The predicted octanol–water partition coefficient (Wildman–Crippen LogP) is 5.29. The van der Waals surface area contributed by atoms with Crippen LogP contribution in [0, 0.1) is 0 Å². The second-order valence-electron chi connectivity index (χ2n) is 8.31. The summed E-state index contributed by atoms with van der Waals surface area (Å²) in [5.74, 6) is 0.976. The van der Waals surface area contributed by atoms with Crippen molar-refractivity contribution in [1.82, 2.24) is 15.2 Å². The molecule has 0 saturated carbocycles. The van der Waals surface area contributed by atoms with Gasteiger partial charge in [0.2, 0.25) is 0 Å². The van der Waals surface area contributed by atoms with Gasteiger partial charge >= 0.3 is 0 Å². The summed E-state index contributed by atoms with van der Waals surface area (Å²) in [6.45, 7) is 8.25. The van der Waals surface area contributed by atoms with Crippen molar-refractivity contribution >= 4 is 34.3 Å². The highest BCUT2D eigenvalue weighted by molar-refractivity contribution is 14.1. The number of likely N-dealkylation sites (N-methyl/N-ethyl adjacent to an activating group) is 1. The molecular formula is C24H41IN4O. The maximum Gasteiger partial charge on any atom is 0.252 e. The first-order valence-electron chi connectivity index (χ1n) is 12.0. The summed E-state index contributed by atoms with van der Waals surface area (Å²) in [4.78, 5) is 21.6. The van der Waals surface area contributed by atoms with Crippen LogP contribution in [0.3, 0.4) is 0 Å². The summed E-state index contributed by atoms with van der Waals surface area (Å²) in [5, 5.41) is 3.04. The van der Waals surface area contributed by atoms with Crippen LogP contribution < -0.4 is 10.2 Å². The number of hydrogen-bond donors (Lipinski definition) is 1. The fourth-order valence-corrected chi connectivity index (χ4v) is 4.48. The SMILES string of the molecule is CCN1CCN(c2ccc(C(=O)NCCCCCCCCCCCCI)cn2)CC1. The Balaban J connectivity index is 1.51. The van der Waals surface area contributed by atoms with Crippen LogP contribution in [0.15, 0.2) is 18.3 Å². The third kappa shape index (κ3) is 9.94. The molecule has 0 aliphatic carbocycles. The maximum absolute atomic E-state index is 12.3. The van der Waals surface area contributed by atoms with Gasteiger partial charge in [0.15, 0.2) is 0 Å². The quantitative estimate of drug-likeness (QED) is 0.191. The summed E-state index contributed by atoms with van der Waals surface area (Å²) < 4.78 is 1.30. The minimum Gasteiger partial charge on any atom is -0.354 e. The minimum atomic E-state index is -0.00337. The molecule has 1 aromatic rings. The number of aromatic nitrogens is 1. The Kier molecular flexibility index (Phi) is 13.4. The van der Waals surface area contributed by atoms with Crippen molar-refractivity contribution in [3.63, 3.8) is 0 Å². The second kappa shape index (κ2) is 15.8. The molecule has 0 spiro atoms. The van der Waals surface area contributed by atoms with Crippen LogP contribution in [0.4, 0.5) is 5.82 Å². The first kappa shape index (κ1) is 25.4. The van der Waals surface area contributed by atoms with Gasteiger partial charge in [0.1, 0.15) is 5.82 Å². The van der Waals surface area contributed by atoms with E-state index in [9.17, 15) is 4.79 Å². The van der Waals surface area contributed by atoms with Gasteiger partial charge in [-0.2, -0.15) is 0 Å². The molecule has 0 unspecified atom stereocenters. The number of nitrogens with one attached hydrogen (secondary N) is 1. The van der Waals surface area contributed by atoms with E-state index in [1.807, 2.05) is 12.1 Å². The van der Waals surface area contributed by atoms with Crippen LogP contribution in [-0.4, -0.2) is 59.5 Å². The molecule has 1 aliphatic rings. The zero-order valence-electron chi connectivity index (χ0n) is 18.9. The van der Waals surface area contributed by atoms with Crippen molar-refractivity contribution in [3.05, 3.63) is 23.9 Å². The van der Waals surface area contributed by atoms with E-state index in [4.69, 9.17) is 0 Å². The Morgan fingerprint density at radius 2 is 1.53 bits per heavy atom. The average molecular weight is 529 g/mol. The lowest BCUT2D eigenvalue weighted by Gasteiger charge is -2.34. The molecule has 1 N–H and O–H groups in total. The molecule has 0 radical (unpaired) electrons. The number of carbonyl (C=O) groups is 1. The van der Waals surface area contributed by atoms with Crippen LogP contribution in [-0.2, 0) is 0 Å². The Morgan fingerprint density at radius 3 is 2.07 bits per heavy atom. The Labute approximate surface area is 197 Å². The lowest BCUT2D eigenvalue weighted by Crippen LogP contribution is -2.46. The fourth-order valence-electron chi connectivity index (χ4n) is 3.94. The molecule has 30 heavy (non-hydrogen) atoms. The summed E-state index contributed by atoms with van der Waals surface area (Å²) in [5.41, 5.74) is 0.661. The fraction of sp³-hybridized carbons (Fsp3) is 0.750. The maximum atomic E-state index is 12.3. The van der Waals surface area contributed by atoms with Gasteiger partial charge in [0.05, 0.1) is 5.56 Å². The van der Waals surface area contributed by atoms with Crippen LogP contribution in [0.1, 0.15) is 81.5 Å². The molecule has 0 bridgehead atoms. The van der Waals surface area contributed by atoms with E-state index in [0.717, 1.165) is 51.5 Å². The van der Waals surface area contributed by atoms with Crippen LogP contribution in [0.5, 0.6) is 0 Å². The van der Waals surface area contributed by atoms with Crippen molar-refractivity contribution in [3.8, 4) is 0 Å². The molecule has 1 aromatic heterocycles. The van der Waals surface area contributed by atoms with Gasteiger partial charge < -0.3 is 15.1 Å². The number of pyridine rings is 1. The van der Waals surface area contributed by atoms with Gasteiger partial charge in [-0.05, 0) is 35.9 Å². The molecule has 0 aromatic carbocycles. The number of carbonyl (C=O) groups excluding carboxylic acids is 1. The van der Waals surface area contributed by atoms with E-state index in [-0.39, 0.29) is 5.91 Å². The molecule has 6 heteroatoms. The smallest absolute Gasteiger partial charge is 0.252 e. The predicted molar refractivity (Wildman–Crippen MR) is 136 cm³/mol. The van der Waals surface area contributed by atoms with Crippen LogP contribution in [0.2, 0.25) is 0 Å². The Hall–Kier alpha value is -0.890. The van der Waals surface area contributed by atoms with Gasteiger partial charge in [-0.3, -0.25) is 4.79 Å². The molecule has 5 nitrogen and oxygen atoms in total. The Bertz CT molecular complexity index is 573. The highest BCUT2D eigenvalue weighted by Gasteiger charge is 2.17. The minimum absolute atomic E-state index is 0.00337. The number of alkyl halides is 1. The third-order valence-electron chi connectivity index (χ3n) is 6.00. The van der Waals surface area contributed by atoms with Crippen molar-refractivity contribution in [2.45, 2.75) is 71.1 Å². The molecule has 2 rings (SSSR count). The monoisotopic (exact) mass is 528 g/mol. The van der Waals surface area contributed by atoms with E-state index in [0.29, 0.717) is 5.56 Å². The van der Waals surface area contributed by atoms with E-state index in [2.05, 4.69) is 49.6 Å². The van der Waals surface area contributed by atoms with Crippen LogP contribution in [0.25, 0.3) is 0 Å². The van der Waals surface area contributed by atoms with Crippen molar-refractivity contribution in [2.24, 2.45) is 0 Å². The second-order valence-corrected chi connectivity index (χ2v) is 9.39. The number of piperazine rings is 1. The molecule has 170 valence electrons. The van der Waals surface area contributed by atoms with Gasteiger partial charge in [-0.1, -0.05) is 80.9 Å². The number of hydrogen-bond acceptors (Lipinski definition) is 4. The summed E-state index contributed by atoms with van der Waals surface area (Å²) in [7, 11) is 0. The number of rotatable bonds is 15. The molecule has 1 amide bonds. The topological polar surface area (TPSA) is 48.5 Å². The van der Waals surface area contributed by atoms with Gasteiger partial charge in [-0.15, -0.1) is 0 Å². The molecule has 2 heterocycles. The van der Waals surface area contributed by atoms with E-state index >= 15 is 0 Å². The Morgan fingerprint density at radius 1 is 0.933 bits per heavy atom. The van der Waals surface area contributed by atoms with E-state index in [1.165, 1.54) is 62.2 Å². The van der Waals surface area contributed by atoms with Crippen LogP contribution >= 0.6 is 22.6 Å². The number of amides is 1. The number of anilines is 1. The lowest BCUT2D eigenvalue weighted by molar-refractivity contribution is 0.0952. The molecule has 1 fully saturated rings. The third-order valence-corrected chi connectivity index (χ3v) is 6.76. The molecule has 0 atom stereocenters. The van der Waals surface area contributed by atoms with Gasteiger partial charge in [0.25, 0.3) is 5.91 Å². The normalized spacial score (nSPS) is 14.8. The first-order valence-corrected chi connectivity index (χ1v) is 13.5. The van der Waals surface area contributed by atoms with Crippen molar-refractivity contribution < 1.29 is 4.79 Å². The summed E-state index contributed by atoms with van der Waals surface area (Å²) >= 11 is 2.46. The first-order chi connectivity index (χ1) is 14.7. The highest BCUT2D eigenvalue weighted by Crippen LogP contribution is 2.14. The van der Waals surface area contributed by atoms with Gasteiger partial charge in [0, 0.05) is 38.9 Å². The molecule has 1 saturated heterocycles. The largest absolute Gasteiger partial charge is 0.354 e. The lowest BCUT2D eigenvalue weighted by atomic mass is 10.1. The average Bonchev–Trinajstić information content (AvgIpc) is 2.80. The van der Waals surface area contributed by atoms with Crippen molar-refractivity contribution in [2.75, 3.05) is 48.6 Å². The van der Waals surface area contributed by atoms with Crippen molar-refractivity contribution in [1.29, 1.82) is 0 Å². The van der Waals surface area contributed by atoms with E-state index < -0.39 is 0 Å². The molecule has 1 aliphatic heterocycles.